The Morgan fingerprint density at radius 1 is 1.21 bits per heavy atom. The first kappa shape index (κ1) is 16.7. The van der Waals surface area contributed by atoms with Gasteiger partial charge in [-0.1, -0.05) is 57.5 Å². The van der Waals surface area contributed by atoms with Gasteiger partial charge >= 0.3 is 0 Å². The molecule has 0 fully saturated rings. The van der Waals surface area contributed by atoms with Gasteiger partial charge in [0, 0.05) is 11.6 Å². The van der Waals surface area contributed by atoms with Crippen LogP contribution in [-0.4, -0.2) is 14.9 Å². The van der Waals surface area contributed by atoms with Crippen LogP contribution in [0.3, 0.4) is 0 Å². The minimum absolute atomic E-state index is 0.278. The SMILES string of the molecule is CC(CCO[Si](C)(C)C(C)(C)C)c1ccccc1Cl. The smallest absolute Gasteiger partial charge is 0.191 e. The van der Waals surface area contributed by atoms with E-state index in [1.807, 2.05) is 18.2 Å². The van der Waals surface area contributed by atoms with E-state index in [0.717, 1.165) is 18.1 Å². The molecule has 0 saturated heterocycles. The van der Waals surface area contributed by atoms with Crippen molar-refractivity contribution in [3.63, 3.8) is 0 Å². The molecule has 0 radical (unpaired) electrons. The molecule has 0 aliphatic carbocycles. The van der Waals surface area contributed by atoms with Gasteiger partial charge in [0.2, 0.25) is 0 Å². The van der Waals surface area contributed by atoms with Crippen LogP contribution in [0.15, 0.2) is 24.3 Å². The highest BCUT2D eigenvalue weighted by atomic mass is 35.5. The third kappa shape index (κ3) is 4.62. The van der Waals surface area contributed by atoms with Gasteiger partial charge in [-0.05, 0) is 42.1 Å². The molecule has 0 saturated carbocycles. The van der Waals surface area contributed by atoms with E-state index in [9.17, 15) is 0 Å². The van der Waals surface area contributed by atoms with Gasteiger partial charge in [-0.3, -0.25) is 0 Å². The lowest BCUT2D eigenvalue weighted by molar-refractivity contribution is 0.274. The second kappa shape index (κ2) is 6.42. The summed E-state index contributed by atoms with van der Waals surface area (Å²) in [7, 11) is -1.62. The zero-order chi connectivity index (χ0) is 14.7. The molecule has 1 nitrogen and oxygen atoms in total. The minimum atomic E-state index is -1.62. The summed E-state index contributed by atoms with van der Waals surface area (Å²) in [6.07, 6.45) is 1.02. The Kier molecular flexibility index (Phi) is 5.66. The van der Waals surface area contributed by atoms with Crippen molar-refractivity contribution in [2.75, 3.05) is 6.61 Å². The Morgan fingerprint density at radius 2 is 1.79 bits per heavy atom. The summed E-state index contributed by atoms with van der Waals surface area (Å²) < 4.78 is 6.22. The second-order valence-electron chi connectivity index (χ2n) is 6.82. The molecule has 0 aliphatic heterocycles. The van der Waals surface area contributed by atoms with Crippen LogP contribution in [0, 0.1) is 0 Å². The van der Waals surface area contributed by atoms with E-state index in [-0.39, 0.29) is 5.04 Å². The first-order valence-corrected chi connectivity index (χ1v) is 10.3. The molecule has 0 aromatic heterocycles. The molecule has 1 rings (SSSR count). The van der Waals surface area contributed by atoms with Gasteiger partial charge in [0.15, 0.2) is 8.32 Å². The Morgan fingerprint density at radius 3 is 2.32 bits per heavy atom. The molecule has 108 valence electrons. The molecule has 3 heteroatoms. The van der Waals surface area contributed by atoms with Crippen molar-refractivity contribution in [1.29, 1.82) is 0 Å². The van der Waals surface area contributed by atoms with Crippen molar-refractivity contribution >= 4 is 19.9 Å². The maximum atomic E-state index is 6.23. The molecule has 0 spiro atoms. The summed E-state index contributed by atoms with van der Waals surface area (Å²) in [6.45, 7) is 14.5. The maximum absolute atomic E-state index is 6.23. The second-order valence-corrected chi connectivity index (χ2v) is 12.0. The van der Waals surface area contributed by atoms with Crippen LogP contribution in [0.1, 0.15) is 45.6 Å². The molecular formula is C16H27ClOSi. The van der Waals surface area contributed by atoms with E-state index in [1.54, 1.807) is 0 Å². The number of hydrogen-bond acceptors (Lipinski definition) is 1. The lowest BCUT2D eigenvalue weighted by Crippen LogP contribution is -2.41. The minimum Gasteiger partial charge on any atom is -0.417 e. The van der Waals surface area contributed by atoms with Gasteiger partial charge in [0.05, 0.1) is 0 Å². The lowest BCUT2D eigenvalue weighted by atomic mass is 9.98. The fraction of sp³-hybridized carbons (Fsp3) is 0.625. The van der Waals surface area contributed by atoms with E-state index in [0.29, 0.717) is 5.92 Å². The molecule has 1 aromatic carbocycles. The Bertz CT molecular complexity index is 409. The summed E-state index contributed by atoms with van der Waals surface area (Å²) in [5.41, 5.74) is 1.22. The van der Waals surface area contributed by atoms with Gasteiger partial charge in [0.1, 0.15) is 0 Å². The van der Waals surface area contributed by atoms with E-state index in [1.165, 1.54) is 5.56 Å². The highest BCUT2D eigenvalue weighted by Gasteiger charge is 2.36. The Labute approximate surface area is 124 Å². The van der Waals surface area contributed by atoms with Crippen LogP contribution < -0.4 is 0 Å². The van der Waals surface area contributed by atoms with Gasteiger partial charge in [-0.25, -0.2) is 0 Å². The molecule has 0 bridgehead atoms. The van der Waals surface area contributed by atoms with Crippen LogP contribution in [0.25, 0.3) is 0 Å². The van der Waals surface area contributed by atoms with Crippen LogP contribution in [0.4, 0.5) is 0 Å². The Hall–Kier alpha value is -0.313. The number of rotatable bonds is 5. The molecule has 0 heterocycles. The summed E-state index contributed by atoms with van der Waals surface area (Å²) in [6, 6.07) is 8.10. The number of halogens is 1. The van der Waals surface area contributed by atoms with E-state index >= 15 is 0 Å². The third-order valence-electron chi connectivity index (χ3n) is 4.26. The van der Waals surface area contributed by atoms with Crippen molar-refractivity contribution in [1.82, 2.24) is 0 Å². The first-order chi connectivity index (χ1) is 8.65. The normalized spacial score (nSPS) is 14.5. The van der Waals surface area contributed by atoms with E-state index in [4.69, 9.17) is 16.0 Å². The van der Waals surface area contributed by atoms with Gasteiger partial charge in [-0.2, -0.15) is 0 Å². The summed E-state index contributed by atoms with van der Waals surface area (Å²) in [5, 5.41) is 1.14. The third-order valence-corrected chi connectivity index (χ3v) is 9.14. The molecule has 19 heavy (non-hydrogen) atoms. The maximum Gasteiger partial charge on any atom is 0.191 e. The number of benzene rings is 1. The predicted octanol–water partition coefficient (Wildman–Crippen LogP) is 5.86. The van der Waals surface area contributed by atoms with E-state index in [2.05, 4.69) is 46.9 Å². The highest BCUT2D eigenvalue weighted by Crippen LogP contribution is 2.37. The topological polar surface area (TPSA) is 9.23 Å². The predicted molar refractivity (Wildman–Crippen MR) is 87.6 cm³/mol. The molecular weight excluding hydrogens is 272 g/mol. The summed E-state index contributed by atoms with van der Waals surface area (Å²) >= 11 is 6.23. The Balaban J connectivity index is 2.53. The number of hydrogen-bond donors (Lipinski definition) is 0. The summed E-state index contributed by atoms with van der Waals surface area (Å²) in [4.78, 5) is 0. The van der Waals surface area contributed by atoms with Crippen molar-refractivity contribution < 1.29 is 4.43 Å². The van der Waals surface area contributed by atoms with Crippen LogP contribution in [0.2, 0.25) is 23.2 Å². The molecule has 1 aromatic rings. The average Bonchev–Trinajstić information content (AvgIpc) is 2.27. The van der Waals surface area contributed by atoms with Crippen LogP contribution in [0.5, 0.6) is 0 Å². The fourth-order valence-corrected chi connectivity index (χ4v) is 3.12. The van der Waals surface area contributed by atoms with Crippen molar-refractivity contribution in [2.24, 2.45) is 0 Å². The largest absolute Gasteiger partial charge is 0.417 e. The molecule has 0 aliphatic rings. The van der Waals surface area contributed by atoms with Gasteiger partial charge in [-0.15, -0.1) is 0 Å². The lowest BCUT2D eigenvalue weighted by Gasteiger charge is -2.36. The molecule has 1 atom stereocenters. The molecule has 1 unspecified atom stereocenters. The van der Waals surface area contributed by atoms with Gasteiger partial charge in [0.25, 0.3) is 0 Å². The molecule has 0 amide bonds. The zero-order valence-electron chi connectivity index (χ0n) is 13.1. The van der Waals surface area contributed by atoms with Crippen molar-refractivity contribution in [2.45, 2.75) is 58.2 Å². The first-order valence-electron chi connectivity index (χ1n) is 7.03. The van der Waals surface area contributed by atoms with Crippen molar-refractivity contribution in [3.8, 4) is 0 Å². The zero-order valence-corrected chi connectivity index (χ0v) is 14.8. The highest BCUT2D eigenvalue weighted by molar-refractivity contribution is 6.74. The monoisotopic (exact) mass is 298 g/mol. The summed E-state index contributed by atoms with van der Waals surface area (Å²) in [5.74, 6) is 0.443. The van der Waals surface area contributed by atoms with Crippen molar-refractivity contribution in [3.05, 3.63) is 34.9 Å². The van der Waals surface area contributed by atoms with Gasteiger partial charge < -0.3 is 4.43 Å². The van der Waals surface area contributed by atoms with Crippen LogP contribution in [-0.2, 0) is 4.43 Å². The standard InChI is InChI=1S/C16H27ClOSi/c1-13(14-9-7-8-10-15(14)17)11-12-18-19(5,6)16(2,3)4/h7-10,13H,11-12H2,1-6H3. The quantitative estimate of drug-likeness (QED) is 0.619. The van der Waals surface area contributed by atoms with E-state index < -0.39 is 8.32 Å². The molecule has 0 N–H and O–H groups in total. The fourth-order valence-electron chi connectivity index (χ4n) is 1.74. The van der Waals surface area contributed by atoms with Crippen LogP contribution >= 0.6 is 11.6 Å². The average molecular weight is 299 g/mol.